The molecule has 3 atom stereocenters. The molecular weight excluding hydrogens is 122 g/mol. The summed E-state index contributed by atoms with van der Waals surface area (Å²) in [5, 5.41) is 3.58. The number of hydrogen-bond acceptors (Lipinski definition) is 1. The molecule has 3 unspecified atom stereocenters. The maximum absolute atomic E-state index is 3.58. The topological polar surface area (TPSA) is 21.9 Å². The van der Waals surface area contributed by atoms with Crippen LogP contribution in [0.4, 0.5) is 0 Å². The zero-order valence-corrected chi connectivity index (χ0v) is 6.93. The Hall–Kier alpha value is -0.0400. The highest BCUT2D eigenvalue weighted by atomic mass is 15.2. The molecule has 0 aromatic heterocycles. The van der Waals surface area contributed by atoms with Crippen LogP contribution in [-0.4, -0.2) is 12.1 Å². The summed E-state index contributed by atoms with van der Waals surface area (Å²) in [5.41, 5.74) is 0. The van der Waals surface area contributed by atoms with E-state index in [0.717, 1.165) is 23.9 Å². The molecule has 1 heteroatoms. The normalized spacial score (nSPS) is 41.4. The predicted molar refractivity (Wildman–Crippen MR) is 42.9 cm³/mol. The Kier molecular flexibility index (Phi) is 1.48. The fraction of sp³-hybridized carbons (Fsp3) is 1.00. The lowest BCUT2D eigenvalue weighted by Crippen LogP contribution is -2.06. The SMILES string of the molecule is CCC(C)C1NC1C1CC1. The molecule has 1 saturated carbocycles. The van der Waals surface area contributed by atoms with Crippen LogP contribution in [0.1, 0.15) is 33.1 Å². The molecule has 2 rings (SSSR count). The molecule has 0 aromatic carbocycles. The van der Waals surface area contributed by atoms with Crippen LogP contribution >= 0.6 is 0 Å². The van der Waals surface area contributed by atoms with Crippen LogP contribution in [0.3, 0.4) is 0 Å². The molecule has 2 fully saturated rings. The molecule has 0 aromatic rings. The summed E-state index contributed by atoms with van der Waals surface area (Å²) < 4.78 is 0. The van der Waals surface area contributed by atoms with E-state index in [1.807, 2.05) is 0 Å². The van der Waals surface area contributed by atoms with Crippen LogP contribution in [0.2, 0.25) is 0 Å². The minimum absolute atomic E-state index is 0.887. The molecule has 58 valence electrons. The molecule has 0 bridgehead atoms. The molecule has 0 amide bonds. The first-order valence-corrected chi connectivity index (χ1v) is 4.59. The lowest BCUT2D eigenvalue weighted by Gasteiger charge is -2.03. The minimum Gasteiger partial charge on any atom is -0.308 e. The van der Waals surface area contributed by atoms with Crippen molar-refractivity contribution in [1.82, 2.24) is 5.32 Å². The highest BCUT2D eigenvalue weighted by Gasteiger charge is 2.48. The van der Waals surface area contributed by atoms with Gasteiger partial charge in [-0.3, -0.25) is 0 Å². The molecular formula is C9H17N. The van der Waals surface area contributed by atoms with Gasteiger partial charge in [0.1, 0.15) is 0 Å². The molecule has 1 aliphatic carbocycles. The first-order valence-electron chi connectivity index (χ1n) is 4.59. The number of hydrogen-bond donors (Lipinski definition) is 1. The van der Waals surface area contributed by atoms with Gasteiger partial charge in [-0.25, -0.2) is 0 Å². The summed E-state index contributed by atoms with van der Waals surface area (Å²) in [4.78, 5) is 0. The Morgan fingerprint density at radius 2 is 2.20 bits per heavy atom. The van der Waals surface area contributed by atoms with Gasteiger partial charge in [0.2, 0.25) is 0 Å². The van der Waals surface area contributed by atoms with E-state index in [1.165, 1.54) is 19.3 Å². The lowest BCUT2D eigenvalue weighted by molar-refractivity contribution is 0.530. The summed E-state index contributed by atoms with van der Waals surface area (Å²) >= 11 is 0. The van der Waals surface area contributed by atoms with Gasteiger partial charge in [-0.05, 0) is 24.7 Å². The van der Waals surface area contributed by atoms with Gasteiger partial charge in [0.15, 0.2) is 0 Å². The zero-order valence-electron chi connectivity index (χ0n) is 6.93. The van der Waals surface area contributed by atoms with Crippen LogP contribution in [0, 0.1) is 11.8 Å². The first-order chi connectivity index (χ1) is 4.83. The van der Waals surface area contributed by atoms with Crippen LogP contribution in [0.15, 0.2) is 0 Å². The van der Waals surface area contributed by atoms with Gasteiger partial charge < -0.3 is 5.32 Å². The summed E-state index contributed by atoms with van der Waals surface area (Å²) in [7, 11) is 0. The van der Waals surface area contributed by atoms with Crippen molar-refractivity contribution in [2.24, 2.45) is 11.8 Å². The third-order valence-electron chi connectivity index (χ3n) is 3.05. The number of rotatable bonds is 3. The monoisotopic (exact) mass is 139 g/mol. The zero-order chi connectivity index (χ0) is 7.14. The largest absolute Gasteiger partial charge is 0.308 e. The summed E-state index contributed by atoms with van der Waals surface area (Å²) in [6.07, 6.45) is 4.32. The molecule has 1 heterocycles. The van der Waals surface area contributed by atoms with Gasteiger partial charge in [0, 0.05) is 12.1 Å². The highest BCUT2D eigenvalue weighted by molar-refractivity contribution is 5.07. The highest BCUT2D eigenvalue weighted by Crippen LogP contribution is 2.42. The van der Waals surface area contributed by atoms with Crippen LogP contribution < -0.4 is 5.32 Å². The van der Waals surface area contributed by atoms with Crippen molar-refractivity contribution in [2.75, 3.05) is 0 Å². The third-order valence-corrected chi connectivity index (χ3v) is 3.05. The van der Waals surface area contributed by atoms with E-state index in [9.17, 15) is 0 Å². The van der Waals surface area contributed by atoms with E-state index in [2.05, 4.69) is 19.2 Å². The van der Waals surface area contributed by atoms with Gasteiger partial charge in [-0.15, -0.1) is 0 Å². The van der Waals surface area contributed by atoms with Gasteiger partial charge in [-0.1, -0.05) is 20.3 Å². The average Bonchev–Trinajstić information content (AvgIpc) is 2.74. The molecule has 1 nitrogen and oxygen atoms in total. The molecule has 10 heavy (non-hydrogen) atoms. The van der Waals surface area contributed by atoms with Crippen molar-refractivity contribution in [3.8, 4) is 0 Å². The van der Waals surface area contributed by atoms with Crippen LogP contribution in [-0.2, 0) is 0 Å². The second-order valence-corrected chi connectivity index (χ2v) is 3.94. The Bertz CT molecular complexity index is 129. The molecule has 0 spiro atoms. The Labute approximate surface area is 63.2 Å². The standard InChI is InChI=1S/C9H17N/c1-3-6(2)8-9(10-8)7-4-5-7/h6-10H,3-5H2,1-2H3. The molecule has 1 saturated heterocycles. The number of nitrogens with one attached hydrogen (secondary N) is 1. The molecule has 0 radical (unpaired) electrons. The van der Waals surface area contributed by atoms with Crippen molar-refractivity contribution in [3.05, 3.63) is 0 Å². The van der Waals surface area contributed by atoms with E-state index < -0.39 is 0 Å². The fourth-order valence-electron chi connectivity index (χ4n) is 1.82. The van der Waals surface area contributed by atoms with Crippen molar-refractivity contribution in [3.63, 3.8) is 0 Å². The summed E-state index contributed by atoms with van der Waals surface area (Å²) in [6, 6.07) is 1.81. The van der Waals surface area contributed by atoms with E-state index in [0.29, 0.717) is 0 Å². The quantitative estimate of drug-likeness (QED) is 0.591. The maximum atomic E-state index is 3.58. The second kappa shape index (κ2) is 2.23. The van der Waals surface area contributed by atoms with Crippen molar-refractivity contribution in [1.29, 1.82) is 0 Å². The summed E-state index contributed by atoms with van der Waals surface area (Å²) in [6.45, 7) is 4.65. The van der Waals surface area contributed by atoms with E-state index >= 15 is 0 Å². The Morgan fingerprint density at radius 3 is 2.70 bits per heavy atom. The Morgan fingerprint density at radius 1 is 1.50 bits per heavy atom. The summed E-state index contributed by atoms with van der Waals surface area (Å²) in [5.74, 6) is 1.98. The van der Waals surface area contributed by atoms with Gasteiger partial charge in [0.25, 0.3) is 0 Å². The minimum atomic E-state index is 0.887. The average molecular weight is 139 g/mol. The third kappa shape index (κ3) is 1.07. The molecule has 1 aliphatic heterocycles. The maximum Gasteiger partial charge on any atom is 0.0255 e. The Balaban J connectivity index is 1.77. The molecule has 1 N–H and O–H groups in total. The fourth-order valence-corrected chi connectivity index (χ4v) is 1.82. The van der Waals surface area contributed by atoms with Crippen molar-refractivity contribution >= 4 is 0 Å². The van der Waals surface area contributed by atoms with Crippen LogP contribution in [0.5, 0.6) is 0 Å². The van der Waals surface area contributed by atoms with E-state index in [1.54, 1.807) is 0 Å². The lowest BCUT2D eigenvalue weighted by atomic mass is 10.0. The van der Waals surface area contributed by atoms with Crippen molar-refractivity contribution < 1.29 is 0 Å². The predicted octanol–water partition coefficient (Wildman–Crippen LogP) is 1.78. The van der Waals surface area contributed by atoms with Crippen molar-refractivity contribution in [2.45, 2.75) is 45.2 Å². The van der Waals surface area contributed by atoms with Gasteiger partial charge in [-0.2, -0.15) is 0 Å². The van der Waals surface area contributed by atoms with E-state index in [4.69, 9.17) is 0 Å². The van der Waals surface area contributed by atoms with Crippen LogP contribution in [0.25, 0.3) is 0 Å². The van der Waals surface area contributed by atoms with Gasteiger partial charge >= 0.3 is 0 Å². The second-order valence-electron chi connectivity index (χ2n) is 3.94. The smallest absolute Gasteiger partial charge is 0.0255 e. The van der Waals surface area contributed by atoms with Gasteiger partial charge in [0.05, 0.1) is 0 Å². The molecule has 2 aliphatic rings. The first kappa shape index (κ1) is 6.66. The van der Waals surface area contributed by atoms with E-state index in [-0.39, 0.29) is 0 Å².